The van der Waals surface area contributed by atoms with Crippen LogP contribution in [0.3, 0.4) is 0 Å². The fourth-order valence-electron chi connectivity index (χ4n) is 1.62. The van der Waals surface area contributed by atoms with Crippen molar-refractivity contribution < 1.29 is 4.74 Å². The van der Waals surface area contributed by atoms with Crippen LogP contribution in [0.4, 0.5) is 0 Å². The fourth-order valence-corrected chi connectivity index (χ4v) is 3.29. The van der Waals surface area contributed by atoms with Crippen LogP contribution in [-0.4, -0.2) is 29.2 Å². The summed E-state index contributed by atoms with van der Waals surface area (Å²) in [7, 11) is -1.07. The van der Waals surface area contributed by atoms with E-state index < -0.39 is 8.07 Å². The molecule has 0 atom stereocenters. The topological polar surface area (TPSA) is 39.9 Å². The zero-order chi connectivity index (χ0) is 14.9. The number of ether oxygens (including phenoxy) is 1. The lowest BCUT2D eigenvalue weighted by molar-refractivity contribution is 0.0878. The molecule has 0 saturated carbocycles. The van der Waals surface area contributed by atoms with E-state index in [1.165, 1.54) is 0 Å². The van der Waals surface area contributed by atoms with E-state index in [0.29, 0.717) is 22.6 Å². The van der Waals surface area contributed by atoms with Gasteiger partial charge in [0.15, 0.2) is 9.48 Å². The van der Waals surface area contributed by atoms with Crippen molar-refractivity contribution in [2.75, 3.05) is 6.61 Å². The predicted octanol–water partition coefficient (Wildman–Crippen LogP) is 4.66. The van der Waals surface area contributed by atoms with E-state index in [-0.39, 0.29) is 0 Å². The minimum absolute atomic E-state index is 0.291. The molecule has 0 fully saturated rings. The van der Waals surface area contributed by atoms with Crippen molar-refractivity contribution in [2.45, 2.75) is 32.4 Å². The number of halogens is 3. The van der Waals surface area contributed by atoms with Gasteiger partial charge in [-0.05, 0) is 12.1 Å². The number of imidazole rings is 1. The van der Waals surface area contributed by atoms with Gasteiger partial charge in [0, 0.05) is 37.3 Å². The highest BCUT2D eigenvalue weighted by molar-refractivity contribution is 14.1. The van der Waals surface area contributed by atoms with E-state index >= 15 is 0 Å². The van der Waals surface area contributed by atoms with Crippen molar-refractivity contribution in [1.29, 1.82) is 0 Å². The van der Waals surface area contributed by atoms with Gasteiger partial charge in [-0.15, -0.1) is 0 Å². The largest absolute Gasteiger partial charge is 0.361 e. The van der Waals surface area contributed by atoms with Crippen LogP contribution < -0.4 is 0 Å². The van der Waals surface area contributed by atoms with Gasteiger partial charge in [0.05, 0.1) is 5.02 Å². The lowest BCUT2D eigenvalue weighted by atomic mass is 10.4. The summed E-state index contributed by atoms with van der Waals surface area (Å²) in [6.45, 7) is 8.18. The monoisotopic (exact) mass is 443 g/mol. The smallest absolute Gasteiger partial charge is 0.175 e. The van der Waals surface area contributed by atoms with E-state index in [2.05, 4.69) is 52.2 Å². The van der Waals surface area contributed by atoms with Gasteiger partial charge < -0.3 is 4.74 Å². The third kappa shape index (κ3) is 4.06. The van der Waals surface area contributed by atoms with Crippen molar-refractivity contribution in [1.82, 2.24) is 14.5 Å². The van der Waals surface area contributed by atoms with Crippen molar-refractivity contribution in [2.24, 2.45) is 0 Å². The Morgan fingerprint density at radius 3 is 2.65 bits per heavy atom. The maximum absolute atomic E-state index is 5.97. The zero-order valence-electron chi connectivity index (χ0n) is 11.6. The Morgan fingerprint density at radius 1 is 1.30 bits per heavy atom. The van der Waals surface area contributed by atoms with Gasteiger partial charge in [-0.1, -0.05) is 42.8 Å². The molecule has 0 saturated heterocycles. The van der Waals surface area contributed by atoms with Gasteiger partial charge in [-0.3, -0.25) is 4.57 Å². The first-order valence-electron chi connectivity index (χ1n) is 6.23. The SMILES string of the molecule is C[Si](C)(C)CCOCn1c(I)nc2cc(Cl)c(Cl)nc21. The van der Waals surface area contributed by atoms with Crippen LogP contribution in [0.1, 0.15) is 0 Å². The van der Waals surface area contributed by atoms with E-state index in [4.69, 9.17) is 27.9 Å². The normalized spacial score (nSPS) is 12.3. The van der Waals surface area contributed by atoms with Crippen molar-refractivity contribution in [3.05, 3.63) is 20.1 Å². The Kier molecular flexibility index (Phi) is 5.33. The lowest BCUT2D eigenvalue weighted by Crippen LogP contribution is -2.22. The second-order valence-electron chi connectivity index (χ2n) is 5.76. The maximum Gasteiger partial charge on any atom is 0.175 e. The Morgan fingerprint density at radius 2 is 2.00 bits per heavy atom. The molecular weight excluding hydrogens is 428 g/mol. The molecule has 0 amide bonds. The Balaban J connectivity index is 2.14. The summed E-state index contributed by atoms with van der Waals surface area (Å²) < 4.78 is 8.47. The lowest BCUT2D eigenvalue weighted by Gasteiger charge is -2.15. The van der Waals surface area contributed by atoms with Crippen LogP contribution in [-0.2, 0) is 11.5 Å². The molecule has 0 aliphatic carbocycles. The molecule has 110 valence electrons. The first kappa shape index (κ1) is 16.5. The van der Waals surface area contributed by atoms with Crippen molar-refractivity contribution in [3.63, 3.8) is 0 Å². The quantitative estimate of drug-likeness (QED) is 0.292. The summed E-state index contributed by atoms with van der Waals surface area (Å²) in [4.78, 5) is 8.70. The molecule has 0 aliphatic rings. The molecule has 4 nitrogen and oxygen atoms in total. The van der Waals surface area contributed by atoms with Gasteiger partial charge in [0.2, 0.25) is 0 Å². The summed E-state index contributed by atoms with van der Waals surface area (Å²) in [6, 6.07) is 2.86. The average Bonchev–Trinajstić information content (AvgIpc) is 2.60. The number of fused-ring (bicyclic) bond motifs is 1. The molecule has 2 rings (SSSR count). The number of hydrogen-bond donors (Lipinski definition) is 0. The van der Waals surface area contributed by atoms with Gasteiger partial charge in [-0.2, -0.15) is 0 Å². The first-order chi connectivity index (χ1) is 9.28. The minimum atomic E-state index is -1.07. The zero-order valence-corrected chi connectivity index (χ0v) is 16.3. The fraction of sp³-hybridized carbons (Fsp3) is 0.500. The highest BCUT2D eigenvalue weighted by Crippen LogP contribution is 2.25. The summed E-state index contributed by atoms with van der Waals surface area (Å²) in [6.07, 6.45) is 0. The average molecular weight is 444 g/mol. The molecular formula is C12H16Cl2IN3OSi. The number of nitrogens with zero attached hydrogens (tertiary/aromatic N) is 3. The van der Waals surface area contributed by atoms with E-state index in [0.717, 1.165) is 22.0 Å². The van der Waals surface area contributed by atoms with Crippen molar-refractivity contribution in [3.8, 4) is 0 Å². The Bertz CT molecular complexity index is 627. The third-order valence-corrected chi connectivity index (χ3v) is 6.00. The number of rotatable bonds is 5. The summed E-state index contributed by atoms with van der Waals surface area (Å²) in [5.74, 6) is 0. The molecule has 0 unspecified atom stereocenters. The molecule has 0 N–H and O–H groups in total. The van der Waals surface area contributed by atoms with Crippen LogP contribution in [0.2, 0.25) is 35.9 Å². The van der Waals surface area contributed by atoms with Crippen LogP contribution in [0.25, 0.3) is 11.2 Å². The standard InChI is InChI=1S/C12H16Cl2IN3OSi/c1-20(2,3)5-4-19-7-18-11-9(16-12(18)15)6-8(13)10(14)17-11/h6H,4-5,7H2,1-3H3. The highest BCUT2D eigenvalue weighted by atomic mass is 127. The number of aromatic nitrogens is 3. The molecule has 0 bridgehead atoms. The summed E-state index contributed by atoms with van der Waals surface area (Å²) in [5.41, 5.74) is 1.44. The molecule has 0 spiro atoms. The van der Waals surface area contributed by atoms with E-state index in [1.807, 2.05) is 4.57 Å². The molecule has 2 aromatic rings. The Labute approximate surface area is 143 Å². The second-order valence-corrected chi connectivity index (χ2v) is 13.1. The highest BCUT2D eigenvalue weighted by Gasteiger charge is 2.15. The van der Waals surface area contributed by atoms with Gasteiger partial charge in [0.25, 0.3) is 0 Å². The van der Waals surface area contributed by atoms with Crippen LogP contribution in [0.15, 0.2) is 6.07 Å². The molecule has 2 heterocycles. The second kappa shape index (κ2) is 6.47. The molecule has 20 heavy (non-hydrogen) atoms. The van der Waals surface area contributed by atoms with E-state index in [1.54, 1.807) is 6.07 Å². The van der Waals surface area contributed by atoms with Gasteiger partial charge >= 0.3 is 0 Å². The van der Waals surface area contributed by atoms with Crippen molar-refractivity contribution >= 4 is 65.0 Å². The first-order valence-corrected chi connectivity index (χ1v) is 11.8. The van der Waals surface area contributed by atoms with Crippen LogP contribution in [0.5, 0.6) is 0 Å². The predicted molar refractivity (Wildman–Crippen MR) is 94.4 cm³/mol. The van der Waals surface area contributed by atoms with Gasteiger partial charge in [-0.25, -0.2) is 9.97 Å². The molecule has 0 aromatic carbocycles. The minimum Gasteiger partial charge on any atom is -0.361 e. The number of pyridine rings is 1. The van der Waals surface area contributed by atoms with E-state index in [9.17, 15) is 0 Å². The summed E-state index contributed by atoms with van der Waals surface area (Å²) in [5, 5.41) is 0.707. The molecule has 0 radical (unpaired) electrons. The molecule has 8 heteroatoms. The summed E-state index contributed by atoms with van der Waals surface area (Å²) >= 11 is 14.1. The molecule has 0 aliphatic heterocycles. The third-order valence-electron chi connectivity index (χ3n) is 2.80. The van der Waals surface area contributed by atoms with Crippen LogP contribution >= 0.6 is 45.8 Å². The Hall–Kier alpha value is 0.107. The van der Waals surface area contributed by atoms with Gasteiger partial charge in [0.1, 0.15) is 17.4 Å². The number of hydrogen-bond acceptors (Lipinski definition) is 3. The maximum atomic E-state index is 5.97. The molecule has 2 aromatic heterocycles. The van der Waals surface area contributed by atoms with Crippen LogP contribution in [0, 0.1) is 3.83 Å².